The van der Waals surface area contributed by atoms with Gasteiger partial charge in [-0.2, -0.15) is 0 Å². The van der Waals surface area contributed by atoms with Crippen LogP contribution >= 0.6 is 0 Å². The van der Waals surface area contributed by atoms with Crippen LogP contribution < -0.4 is 5.73 Å². The van der Waals surface area contributed by atoms with Gasteiger partial charge in [0.1, 0.15) is 6.10 Å². The second-order valence-corrected chi connectivity index (χ2v) is 10.6. The normalized spacial score (nSPS) is 16.0. The summed E-state index contributed by atoms with van der Waals surface area (Å²) in [7, 11) is 0. The second kappa shape index (κ2) is 23.6. The van der Waals surface area contributed by atoms with Crippen LogP contribution in [0.3, 0.4) is 0 Å². The summed E-state index contributed by atoms with van der Waals surface area (Å²) < 4.78 is 11.3. The van der Waals surface area contributed by atoms with Crippen molar-refractivity contribution in [3.05, 3.63) is 0 Å². The number of carbonyl (C=O) groups is 1. The first-order chi connectivity index (χ1) is 18.1. The molecule has 1 aliphatic rings. The van der Waals surface area contributed by atoms with Gasteiger partial charge >= 0.3 is 6.09 Å². The van der Waals surface area contributed by atoms with Gasteiger partial charge in [0.15, 0.2) is 5.96 Å². The fourth-order valence-corrected chi connectivity index (χ4v) is 4.94. The van der Waals surface area contributed by atoms with Gasteiger partial charge in [0.05, 0.1) is 13.2 Å². The lowest BCUT2D eigenvalue weighted by Crippen LogP contribution is -2.39. The maximum Gasteiger partial charge on any atom is 0.410 e. The highest BCUT2D eigenvalue weighted by atomic mass is 16.6. The number of amides is 1. The average Bonchev–Trinajstić information content (AvgIpc) is 3.24. The van der Waals surface area contributed by atoms with Crippen LogP contribution in [0.1, 0.15) is 130 Å². The Balaban J connectivity index is 1.95. The predicted octanol–water partition coefficient (Wildman–Crippen LogP) is 7.13. The van der Waals surface area contributed by atoms with Gasteiger partial charge in [0, 0.05) is 32.8 Å². The minimum absolute atomic E-state index is 0.136. The number of aliphatic imine (C=N–C) groups is 1. The Hall–Kier alpha value is -1.50. The summed E-state index contributed by atoms with van der Waals surface area (Å²) in [6, 6.07) is 0. The van der Waals surface area contributed by atoms with Crippen molar-refractivity contribution in [2.24, 2.45) is 10.7 Å². The molecule has 1 heterocycles. The van der Waals surface area contributed by atoms with Crippen molar-refractivity contribution in [1.82, 2.24) is 9.80 Å². The van der Waals surface area contributed by atoms with E-state index in [1.165, 1.54) is 83.5 Å². The van der Waals surface area contributed by atoms with Crippen molar-refractivity contribution in [1.29, 1.82) is 0 Å². The van der Waals surface area contributed by atoms with Crippen LogP contribution in [-0.4, -0.2) is 73.9 Å². The molecule has 218 valence electrons. The van der Waals surface area contributed by atoms with Crippen LogP contribution in [0.25, 0.3) is 0 Å². The quantitative estimate of drug-likeness (QED) is 0.0780. The molecule has 1 atom stereocenters. The van der Waals surface area contributed by atoms with Crippen molar-refractivity contribution < 1.29 is 14.3 Å². The number of carbonyl (C=O) groups excluding carboxylic acids is 1. The zero-order valence-electron chi connectivity index (χ0n) is 24.7. The van der Waals surface area contributed by atoms with E-state index in [1.54, 1.807) is 0 Å². The van der Waals surface area contributed by atoms with Gasteiger partial charge in [0.2, 0.25) is 0 Å². The smallest absolute Gasteiger partial charge is 0.410 e. The molecule has 0 saturated carbocycles. The molecule has 2 N–H and O–H groups in total. The van der Waals surface area contributed by atoms with E-state index in [1.807, 2.05) is 11.8 Å². The third-order valence-corrected chi connectivity index (χ3v) is 7.14. The summed E-state index contributed by atoms with van der Waals surface area (Å²) in [6.45, 7) is 11.5. The zero-order chi connectivity index (χ0) is 27.0. The highest BCUT2D eigenvalue weighted by molar-refractivity contribution is 5.78. The lowest BCUT2D eigenvalue weighted by Gasteiger charge is -2.23. The Morgan fingerprint density at radius 1 is 0.865 bits per heavy atom. The van der Waals surface area contributed by atoms with Crippen molar-refractivity contribution >= 4 is 12.1 Å². The molecule has 7 heteroatoms. The number of rotatable bonds is 25. The number of guanidine groups is 1. The minimum Gasteiger partial charge on any atom is -0.442 e. The lowest BCUT2D eigenvalue weighted by atomic mass is 10.0. The first kappa shape index (κ1) is 33.5. The number of ether oxygens (including phenoxy) is 2. The summed E-state index contributed by atoms with van der Waals surface area (Å²) in [5, 5.41) is 0. The molecule has 0 bridgehead atoms. The molecule has 37 heavy (non-hydrogen) atoms. The molecular weight excluding hydrogens is 464 g/mol. The van der Waals surface area contributed by atoms with Crippen LogP contribution in [0.5, 0.6) is 0 Å². The highest BCUT2D eigenvalue weighted by Gasteiger charge is 2.30. The number of hydrogen-bond acceptors (Lipinski definition) is 4. The van der Waals surface area contributed by atoms with Crippen LogP contribution in [-0.2, 0) is 9.47 Å². The van der Waals surface area contributed by atoms with Gasteiger partial charge < -0.3 is 25.0 Å². The van der Waals surface area contributed by atoms with E-state index in [4.69, 9.17) is 15.2 Å². The molecule has 0 spiro atoms. The average molecular weight is 525 g/mol. The van der Waals surface area contributed by atoms with Gasteiger partial charge in [-0.1, -0.05) is 97.3 Å². The summed E-state index contributed by atoms with van der Waals surface area (Å²) in [6.07, 6.45) is 21.7. The van der Waals surface area contributed by atoms with Crippen LogP contribution in [0.15, 0.2) is 4.99 Å². The van der Waals surface area contributed by atoms with Crippen molar-refractivity contribution in [2.75, 3.05) is 45.9 Å². The van der Waals surface area contributed by atoms with E-state index in [0.29, 0.717) is 25.7 Å². The Labute approximate surface area is 228 Å². The molecule has 0 aromatic carbocycles. The van der Waals surface area contributed by atoms with E-state index in [9.17, 15) is 4.79 Å². The molecule has 1 unspecified atom stereocenters. The molecule has 1 fully saturated rings. The van der Waals surface area contributed by atoms with Gasteiger partial charge in [-0.05, 0) is 32.6 Å². The van der Waals surface area contributed by atoms with E-state index >= 15 is 0 Å². The molecule has 1 aliphatic heterocycles. The Bertz CT molecular complexity index is 573. The summed E-state index contributed by atoms with van der Waals surface area (Å²) in [5.74, 6) is 0.626. The largest absolute Gasteiger partial charge is 0.442 e. The number of hydrogen-bond donors (Lipinski definition) is 1. The minimum atomic E-state index is -0.206. The Morgan fingerprint density at radius 3 is 2.03 bits per heavy atom. The molecule has 1 rings (SSSR count). The van der Waals surface area contributed by atoms with E-state index < -0.39 is 0 Å². The molecular formula is C30H60N4O3. The standard InChI is InChI=1S/C30H60N4O3/c1-4-7-8-9-10-11-12-13-14-15-16-17-18-21-25-36-27-28-26-34(30(35)37-28)24-20-19-23-33(22-5-2)29(31)32-6-3/h28H,4-27H2,1-3H3,(H2,31,32). The number of nitrogens with two attached hydrogens (primary N) is 1. The Kier molecular flexibility index (Phi) is 21.4. The number of cyclic esters (lactones) is 1. The molecule has 0 aliphatic carbocycles. The summed E-state index contributed by atoms with van der Waals surface area (Å²) >= 11 is 0. The second-order valence-electron chi connectivity index (χ2n) is 10.6. The SMILES string of the molecule is CCCCCCCCCCCCCCCCOCC1CN(CCCCN(CCC)C(N)=NCC)C(=O)O1. The third kappa shape index (κ3) is 17.6. The van der Waals surface area contributed by atoms with Crippen LogP contribution in [0, 0.1) is 0 Å². The van der Waals surface area contributed by atoms with Crippen LogP contribution in [0.2, 0.25) is 0 Å². The molecule has 0 radical (unpaired) electrons. The highest BCUT2D eigenvalue weighted by Crippen LogP contribution is 2.15. The molecule has 1 amide bonds. The Morgan fingerprint density at radius 2 is 1.46 bits per heavy atom. The maximum absolute atomic E-state index is 12.2. The van der Waals surface area contributed by atoms with Crippen molar-refractivity contribution in [3.63, 3.8) is 0 Å². The predicted molar refractivity (Wildman–Crippen MR) is 156 cm³/mol. The van der Waals surface area contributed by atoms with Crippen LogP contribution in [0.4, 0.5) is 4.79 Å². The molecule has 0 aromatic rings. The zero-order valence-corrected chi connectivity index (χ0v) is 24.7. The fourth-order valence-electron chi connectivity index (χ4n) is 4.94. The summed E-state index contributed by atoms with van der Waals surface area (Å²) in [4.78, 5) is 20.5. The first-order valence-electron chi connectivity index (χ1n) is 15.7. The van der Waals surface area contributed by atoms with E-state index in [-0.39, 0.29) is 12.2 Å². The van der Waals surface area contributed by atoms with E-state index in [2.05, 4.69) is 23.7 Å². The topological polar surface area (TPSA) is 80.4 Å². The number of nitrogens with zero attached hydrogens (tertiary/aromatic N) is 3. The monoisotopic (exact) mass is 524 g/mol. The molecule has 0 aromatic heterocycles. The van der Waals surface area contributed by atoms with Gasteiger partial charge in [0.25, 0.3) is 0 Å². The number of unbranched alkanes of at least 4 members (excludes halogenated alkanes) is 14. The van der Waals surface area contributed by atoms with E-state index in [0.717, 1.165) is 51.9 Å². The van der Waals surface area contributed by atoms with Crippen molar-refractivity contribution in [3.8, 4) is 0 Å². The first-order valence-corrected chi connectivity index (χ1v) is 15.7. The van der Waals surface area contributed by atoms with Gasteiger partial charge in [-0.3, -0.25) is 4.99 Å². The molecule has 1 saturated heterocycles. The third-order valence-electron chi connectivity index (χ3n) is 7.14. The molecule has 7 nitrogen and oxygen atoms in total. The van der Waals surface area contributed by atoms with Gasteiger partial charge in [-0.25, -0.2) is 4.79 Å². The maximum atomic E-state index is 12.2. The van der Waals surface area contributed by atoms with Gasteiger partial charge in [-0.15, -0.1) is 0 Å². The lowest BCUT2D eigenvalue weighted by molar-refractivity contribution is 0.0443. The van der Waals surface area contributed by atoms with Crippen molar-refractivity contribution in [2.45, 2.75) is 136 Å². The fraction of sp³-hybridized carbons (Fsp3) is 0.933. The summed E-state index contributed by atoms with van der Waals surface area (Å²) in [5.41, 5.74) is 6.07.